The zero-order valence-electron chi connectivity index (χ0n) is 23.8. The van der Waals surface area contributed by atoms with E-state index in [-0.39, 0.29) is 17.8 Å². The Morgan fingerprint density at radius 2 is 1.32 bits per heavy atom. The highest BCUT2D eigenvalue weighted by atomic mass is 16.6. The van der Waals surface area contributed by atoms with Crippen molar-refractivity contribution in [3.05, 3.63) is 71.8 Å². The molecule has 218 valence electrons. The number of benzene rings is 2. The third kappa shape index (κ3) is 9.77. The lowest BCUT2D eigenvalue weighted by Crippen LogP contribution is -2.28. The van der Waals surface area contributed by atoms with Gasteiger partial charge in [-0.25, -0.2) is 9.59 Å². The van der Waals surface area contributed by atoms with Crippen molar-refractivity contribution in [2.45, 2.75) is 95.9 Å². The molecule has 5 atom stereocenters. The summed E-state index contributed by atoms with van der Waals surface area (Å²) in [5, 5.41) is 10.7. The molecule has 1 N–H and O–H groups in total. The van der Waals surface area contributed by atoms with Gasteiger partial charge in [-0.15, -0.1) is 0 Å². The zero-order chi connectivity index (χ0) is 28.7. The minimum Gasteiger partial charge on any atom is -0.469 e. The minimum absolute atomic E-state index is 0.0678. The Morgan fingerprint density at radius 3 is 1.85 bits per heavy atom. The molecular formula is C33H44O7. The van der Waals surface area contributed by atoms with Gasteiger partial charge in [-0.1, -0.05) is 69.0 Å². The number of methoxy groups -OCH3 is 1. The summed E-state index contributed by atoms with van der Waals surface area (Å²) in [6.07, 6.45) is 6.64. The van der Waals surface area contributed by atoms with Crippen LogP contribution in [0.4, 0.5) is 0 Å². The highest BCUT2D eigenvalue weighted by molar-refractivity contribution is 5.90. The van der Waals surface area contributed by atoms with Crippen LogP contribution in [0.5, 0.6) is 0 Å². The summed E-state index contributed by atoms with van der Waals surface area (Å²) in [6.45, 7) is 2.14. The van der Waals surface area contributed by atoms with Crippen molar-refractivity contribution in [2.75, 3.05) is 7.11 Å². The molecule has 0 bridgehead atoms. The highest BCUT2D eigenvalue weighted by Crippen LogP contribution is 2.43. The molecule has 0 spiro atoms. The third-order valence-corrected chi connectivity index (χ3v) is 7.88. The van der Waals surface area contributed by atoms with E-state index < -0.39 is 30.3 Å². The van der Waals surface area contributed by atoms with Gasteiger partial charge in [0, 0.05) is 24.7 Å². The predicted octanol–water partition coefficient (Wildman–Crippen LogP) is 6.53. The number of unbranched alkanes of at least 4 members (excludes halogenated alkanes) is 3. The summed E-state index contributed by atoms with van der Waals surface area (Å²) in [4.78, 5) is 37.8. The van der Waals surface area contributed by atoms with E-state index in [9.17, 15) is 19.5 Å². The first-order valence-electron chi connectivity index (χ1n) is 14.7. The standard InChI is InChI=1S/C33H44O7/c1-3-4-7-18-26(34)21-22-28-27(19-12-13-20-31(35)38-2)29(39-32(36)24-14-8-5-9-15-24)23-30(28)40-33(37)25-16-10-6-11-17-25/h5-6,8-11,14-17,26-30,34H,3-4,7,12-13,18-23H2,1-2H3/t26?,27-,28+,29-,30+/m1/s1. The number of aliphatic hydroxyl groups is 1. The van der Waals surface area contributed by atoms with Crippen molar-refractivity contribution in [2.24, 2.45) is 11.8 Å². The number of rotatable bonds is 16. The van der Waals surface area contributed by atoms with Crippen LogP contribution in [0.1, 0.15) is 98.3 Å². The third-order valence-electron chi connectivity index (χ3n) is 7.88. The van der Waals surface area contributed by atoms with Crippen molar-refractivity contribution in [3.63, 3.8) is 0 Å². The Morgan fingerprint density at radius 1 is 0.775 bits per heavy atom. The van der Waals surface area contributed by atoms with Crippen molar-refractivity contribution in [3.8, 4) is 0 Å². The molecule has 7 nitrogen and oxygen atoms in total. The SMILES string of the molecule is CCCCCC(O)CC[C@H]1[C@@H](CCCCC(=O)OC)[C@H](OC(=O)c2ccccc2)C[C@@H]1OC(=O)c1ccccc1. The summed E-state index contributed by atoms with van der Waals surface area (Å²) < 4.78 is 16.9. The van der Waals surface area contributed by atoms with Gasteiger partial charge in [0.1, 0.15) is 12.2 Å². The molecule has 40 heavy (non-hydrogen) atoms. The van der Waals surface area contributed by atoms with Crippen LogP contribution >= 0.6 is 0 Å². The van der Waals surface area contributed by atoms with Gasteiger partial charge < -0.3 is 19.3 Å². The second kappa shape index (κ2) is 16.8. The Hall–Kier alpha value is -3.19. The van der Waals surface area contributed by atoms with Crippen LogP contribution in [0, 0.1) is 11.8 Å². The van der Waals surface area contributed by atoms with Crippen molar-refractivity contribution in [1.29, 1.82) is 0 Å². The molecular weight excluding hydrogens is 508 g/mol. The summed E-state index contributed by atoms with van der Waals surface area (Å²) >= 11 is 0. The number of aliphatic hydroxyl groups excluding tert-OH is 1. The summed E-state index contributed by atoms with van der Waals surface area (Å²) in [5.41, 5.74) is 0.944. The number of ether oxygens (including phenoxy) is 3. The summed E-state index contributed by atoms with van der Waals surface area (Å²) in [6, 6.07) is 17.8. The second-order valence-electron chi connectivity index (χ2n) is 10.7. The van der Waals surface area contributed by atoms with Crippen LogP contribution in [-0.4, -0.2) is 48.4 Å². The Labute approximate surface area is 238 Å². The van der Waals surface area contributed by atoms with Crippen LogP contribution in [0.15, 0.2) is 60.7 Å². The molecule has 2 aromatic carbocycles. The first-order chi connectivity index (χ1) is 19.4. The number of carbonyl (C=O) groups excluding carboxylic acids is 3. The van der Waals surface area contributed by atoms with Gasteiger partial charge in [0.05, 0.1) is 24.3 Å². The van der Waals surface area contributed by atoms with Crippen LogP contribution < -0.4 is 0 Å². The molecule has 1 saturated carbocycles. The van der Waals surface area contributed by atoms with E-state index >= 15 is 0 Å². The van der Waals surface area contributed by atoms with Crippen molar-refractivity contribution in [1.82, 2.24) is 0 Å². The van der Waals surface area contributed by atoms with Crippen LogP contribution in [0.25, 0.3) is 0 Å². The number of hydrogen-bond acceptors (Lipinski definition) is 7. The van der Waals surface area contributed by atoms with Crippen LogP contribution in [-0.2, 0) is 19.0 Å². The van der Waals surface area contributed by atoms with Gasteiger partial charge in [-0.2, -0.15) is 0 Å². The van der Waals surface area contributed by atoms with Gasteiger partial charge >= 0.3 is 17.9 Å². The van der Waals surface area contributed by atoms with E-state index in [0.29, 0.717) is 49.7 Å². The lowest BCUT2D eigenvalue weighted by Gasteiger charge is -2.27. The van der Waals surface area contributed by atoms with Gasteiger partial charge in [0.2, 0.25) is 0 Å². The molecule has 2 aromatic rings. The maximum atomic E-state index is 13.1. The lowest BCUT2D eigenvalue weighted by atomic mass is 9.84. The Balaban J connectivity index is 1.78. The van der Waals surface area contributed by atoms with E-state index in [1.165, 1.54) is 7.11 Å². The van der Waals surface area contributed by atoms with E-state index in [0.717, 1.165) is 32.1 Å². The molecule has 0 radical (unpaired) electrons. The van der Waals surface area contributed by atoms with Crippen LogP contribution in [0.2, 0.25) is 0 Å². The molecule has 1 aliphatic rings. The fraction of sp³-hybridized carbons (Fsp3) is 0.545. The summed E-state index contributed by atoms with van der Waals surface area (Å²) in [7, 11) is 1.38. The van der Waals surface area contributed by atoms with Gasteiger partial charge in [-0.05, 0) is 56.4 Å². The molecule has 0 aromatic heterocycles. The molecule has 0 amide bonds. The highest BCUT2D eigenvalue weighted by Gasteiger charge is 2.46. The fourth-order valence-corrected chi connectivity index (χ4v) is 5.67. The first kappa shape index (κ1) is 31.3. The van der Waals surface area contributed by atoms with E-state index in [2.05, 4.69) is 6.92 Å². The molecule has 3 rings (SSSR count). The van der Waals surface area contributed by atoms with Crippen molar-refractivity contribution >= 4 is 17.9 Å². The largest absolute Gasteiger partial charge is 0.469 e. The second-order valence-corrected chi connectivity index (χ2v) is 10.7. The van der Waals surface area contributed by atoms with E-state index in [1.807, 2.05) is 12.1 Å². The zero-order valence-corrected chi connectivity index (χ0v) is 23.8. The van der Waals surface area contributed by atoms with E-state index in [4.69, 9.17) is 14.2 Å². The number of hydrogen-bond donors (Lipinski definition) is 1. The quantitative estimate of drug-likeness (QED) is 0.144. The normalized spacial score (nSPS) is 21.0. The predicted molar refractivity (Wildman–Crippen MR) is 153 cm³/mol. The summed E-state index contributed by atoms with van der Waals surface area (Å²) in [5.74, 6) is -1.21. The van der Waals surface area contributed by atoms with Gasteiger partial charge in [0.15, 0.2) is 0 Å². The van der Waals surface area contributed by atoms with Crippen LogP contribution in [0.3, 0.4) is 0 Å². The molecule has 1 fully saturated rings. The monoisotopic (exact) mass is 552 g/mol. The molecule has 1 aliphatic carbocycles. The first-order valence-corrected chi connectivity index (χ1v) is 14.7. The average molecular weight is 553 g/mol. The smallest absolute Gasteiger partial charge is 0.338 e. The average Bonchev–Trinajstić information content (AvgIpc) is 3.29. The van der Waals surface area contributed by atoms with Crippen molar-refractivity contribution < 1.29 is 33.7 Å². The Kier molecular flexibility index (Phi) is 13.2. The minimum atomic E-state index is -0.449. The maximum Gasteiger partial charge on any atom is 0.338 e. The molecule has 7 heteroatoms. The number of carbonyl (C=O) groups is 3. The molecule has 0 saturated heterocycles. The molecule has 0 heterocycles. The number of esters is 3. The van der Waals surface area contributed by atoms with Gasteiger partial charge in [0.25, 0.3) is 0 Å². The molecule has 0 aliphatic heterocycles. The van der Waals surface area contributed by atoms with E-state index in [1.54, 1.807) is 48.5 Å². The fourth-order valence-electron chi connectivity index (χ4n) is 5.67. The Bertz CT molecular complexity index is 1040. The lowest BCUT2D eigenvalue weighted by molar-refractivity contribution is -0.140. The topological polar surface area (TPSA) is 99.1 Å². The maximum absolute atomic E-state index is 13.1. The molecule has 1 unspecified atom stereocenters. The van der Waals surface area contributed by atoms with Gasteiger partial charge in [-0.3, -0.25) is 4.79 Å².